The Hall–Kier alpha value is -2.77. The molecule has 1 aromatic heterocycles. The fourth-order valence-electron chi connectivity index (χ4n) is 3.53. The Bertz CT molecular complexity index is 924. The van der Waals surface area contributed by atoms with Crippen LogP contribution in [0.25, 0.3) is 11.4 Å². The van der Waals surface area contributed by atoms with Gasteiger partial charge in [-0.2, -0.15) is 4.98 Å². The van der Waals surface area contributed by atoms with E-state index >= 15 is 0 Å². The number of aliphatic hydroxyl groups is 1. The third kappa shape index (κ3) is 3.90. The average molecular weight is 382 g/mol. The van der Waals surface area contributed by atoms with Gasteiger partial charge in [0.2, 0.25) is 11.7 Å². The van der Waals surface area contributed by atoms with Crippen molar-refractivity contribution in [2.75, 3.05) is 25.5 Å². The molecule has 3 aromatic rings. The van der Waals surface area contributed by atoms with Gasteiger partial charge in [0.05, 0.1) is 12.1 Å². The van der Waals surface area contributed by atoms with Crippen LogP contribution in [0, 0.1) is 5.82 Å². The second-order valence-electron chi connectivity index (χ2n) is 7.36. The Kier molecular flexibility index (Phi) is 5.11. The van der Waals surface area contributed by atoms with E-state index in [-0.39, 0.29) is 11.9 Å². The van der Waals surface area contributed by atoms with Gasteiger partial charge >= 0.3 is 0 Å². The minimum atomic E-state index is -0.438. The molecule has 2 aromatic carbocycles. The summed E-state index contributed by atoms with van der Waals surface area (Å²) >= 11 is 0. The molecule has 1 fully saturated rings. The highest BCUT2D eigenvalue weighted by Crippen LogP contribution is 2.33. The molecule has 0 aliphatic carbocycles. The van der Waals surface area contributed by atoms with Crippen LogP contribution in [0.5, 0.6) is 0 Å². The summed E-state index contributed by atoms with van der Waals surface area (Å²) < 4.78 is 18.6. The molecule has 2 unspecified atom stereocenters. The highest BCUT2D eigenvalue weighted by atomic mass is 19.1. The van der Waals surface area contributed by atoms with Crippen molar-refractivity contribution in [3.8, 4) is 11.4 Å². The van der Waals surface area contributed by atoms with E-state index in [2.05, 4.69) is 44.2 Å². The number of halogens is 1. The van der Waals surface area contributed by atoms with Gasteiger partial charge in [0.15, 0.2) is 0 Å². The molecule has 7 heteroatoms. The van der Waals surface area contributed by atoms with Crippen LogP contribution in [0.4, 0.5) is 10.1 Å². The fraction of sp³-hybridized carbons (Fsp3) is 0.333. The van der Waals surface area contributed by atoms with Crippen LogP contribution < -0.4 is 4.90 Å². The number of β-amino-alcohol motifs (C(OH)–C–C–N with tert-alkyl or cyclic N) is 1. The van der Waals surface area contributed by atoms with Gasteiger partial charge in [-0.05, 0) is 48.4 Å². The Balaban J connectivity index is 1.52. The maximum Gasteiger partial charge on any atom is 0.244 e. The molecule has 1 N–H and O–H groups in total. The summed E-state index contributed by atoms with van der Waals surface area (Å²) in [6.07, 6.45) is 0.105. The average Bonchev–Trinajstić information content (AvgIpc) is 3.29. The SMILES string of the molecule is CN(C)c1ccc(CN2CC(O)CC2c2nc(-c3ccc(F)cc3)no2)cc1. The molecule has 2 atom stereocenters. The molecule has 0 radical (unpaired) electrons. The summed E-state index contributed by atoms with van der Waals surface area (Å²) in [6, 6.07) is 14.2. The van der Waals surface area contributed by atoms with Crippen molar-refractivity contribution in [2.45, 2.75) is 25.1 Å². The molecule has 0 amide bonds. The fourth-order valence-corrected chi connectivity index (χ4v) is 3.53. The van der Waals surface area contributed by atoms with Crippen molar-refractivity contribution in [3.63, 3.8) is 0 Å². The van der Waals surface area contributed by atoms with Crippen molar-refractivity contribution in [3.05, 3.63) is 65.8 Å². The monoisotopic (exact) mass is 382 g/mol. The van der Waals surface area contributed by atoms with Gasteiger partial charge in [0.1, 0.15) is 5.82 Å². The first kappa shape index (κ1) is 18.6. The third-order valence-electron chi connectivity index (χ3n) is 5.05. The first-order valence-corrected chi connectivity index (χ1v) is 9.27. The first-order valence-electron chi connectivity index (χ1n) is 9.27. The predicted octanol–water partition coefficient (Wildman–Crippen LogP) is 3.25. The summed E-state index contributed by atoms with van der Waals surface area (Å²) in [4.78, 5) is 8.70. The number of hydrogen-bond donors (Lipinski definition) is 1. The molecule has 0 spiro atoms. The third-order valence-corrected chi connectivity index (χ3v) is 5.05. The van der Waals surface area contributed by atoms with E-state index in [0.717, 1.165) is 11.3 Å². The summed E-state index contributed by atoms with van der Waals surface area (Å²) in [7, 11) is 4.02. The molecule has 1 aliphatic rings. The number of aromatic nitrogens is 2. The number of anilines is 1. The van der Waals surface area contributed by atoms with E-state index in [1.807, 2.05) is 14.1 Å². The van der Waals surface area contributed by atoms with E-state index in [1.54, 1.807) is 12.1 Å². The van der Waals surface area contributed by atoms with Crippen LogP contribution in [0.15, 0.2) is 53.1 Å². The quantitative estimate of drug-likeness (QED) is 0.731. The highest BCUT2D eigenvalue weighted by molar-refractivity contribution is 5.53. The van der Waals surface area contributed by atoms with Gasteiger partial charge in [-0.1, -0.05) is 17.3 Å². The minimum Gasteiger partial charge on any atom is -0.392 e. The van der Waals surface area contributed by atoms with Crippen molar-refractivity contribution < 1.29 is 14.0 Å². The van der Waals surface area contributed by atoms with Gasteiger partial charge in [0.25, 0.3) is 0 Å². The zero-order valence-corrected chi connectivity index (χ0v) is 15.9. The van der Waals surface area contributed by atoms with E-state index in [9.17, 15) is 9.50 Å². The van der Waals surface area contributed by atoms with Gasteiger partial charge < -0.3 is 14.5 Å². The van der Waals surface area contributed by atoms with Crippen LogP contribution in [-0.2, 0) is 6.54 Å². The van der Waals surface area contributed by atoms with E-state index in [1.165, 1.54) is 12.1 Å². The number of likely N-dealkylation sites (tertiary alicyclic amines) is 1. The van der Waals surface area contributed by atoms with Crippen molar-refractivity contribution in [1.29, 1.82) is 0 Å². The smallest absolute Gasteiger partial charge is 0.244 e. The molecule has 2 heterocycles. The number of nitrogens with zero attached hydrogens (tertiary/aromatic N) is 4. The minimum absolute atomic E-state index is 0.148. The second-order valence-corrected chi connectivity index (χ2v) is 7.36. The van der Waals surface area contributed by atoms with Crippen LogP contribution in [0.3, 0.4) is 0 Å². The lowest BCUT2D eigenvalue weighted by Gasteiger charge is -2.21. The van der Waals surface area contributed by atoms with Gasteiger partial charge in [-0.25, -0.2) is 4.39 Å². The lowest BCUT2D eigenvalue weighted by atomic mass is 10.1. The Morgan fingerprint density at radius 2 is 1.86 bits per heavy atom. The van der Waals surface area contributed by atoms with Crippen LogP contribution in [0.1, 0.15) is 23.9 Å². The van der Waals surface area contributed by atoms with Gasteiger partial charge in [-0.3, -0.25) is 4.90 Å². The van der Waals surface area contributed by atoms with Crippen molar-refractivity contribution in [1.82, 2.24) is 15.0 Å². The van der Waals surface area contributed by atoms with E-state index in [0.29, 0.717) is 36.8 Å². The summed E-state index contributed by atoms with van der Waals surface area (Å²) in [5.41, 5.74) is 2.99. The predicted molar refractivity (Wildman–Crippen MR) is 104 cm³/mol. The maximum absolute atomic E-state index is 13.1. The number of benzene rings is 2. The lowest BCUT2D eigenvalue weighted by molar-refractivity contribution is 0.169. The summed E-state index contributed by atoms with van der Waals surface area (Å²) in [6.45, 7) is 1.23. The standard InChI is InChI=1S/C21H23FN4O2/c1-25(2)17-9-3-14(4-10-17)12-26-13-18(27)11-19(26)21-23-20(24-28-21)15-5-7-16(22)8-6-15/h3-10,18-19,27H,11-13H2,1-2H3. The second kappa shape index (κ2) is 7.69. The molecule has 1 aliphatic heterocycles. The zero-order chi connectivity index (χ0) is 19.7. The molecular formula is C21H23FN4O2. The molecule has 1 saturated heterocycles. The van der Waals surface area contributed by atoms with Crippen LogP contribution in [0.2, 0.25) is 0 Å². The lowest BCUT2D eigenvalue weighted by Crippen LogP contribution is -2.24. The van der Waals surface area contributed by atoms with E-state index in [4.69, 9.17) is 4.52 Å². The molecule has 4 rings (SSSR count). The summed E-state index contributed by atoms with van der Waals surface area (Å²) in [5, 5.41) is 14.2. The van der Waals surface area contributed by atoms with Crippen molar-refractivity contribution in [2.24, 2.45) is 0 Å². The topological polar surface area (TPSA) is 65.6 Å². The zero-order valence-electron chi connectivity index (χ0n) is 15.9. The van der Waals surface area contributed by atoms with Crippen LogP contribution >= 0.6 is 0 Å². The summed E-state index contributed by atoms with van der Waals surface area (Å²) in [5.74, 6) is 0.588. The highest BCUT2D eigenvalue weighted by Gasteiger charge is 2.35. The molecular weight excluding hydrogens is 359 g/mol. The number of rotatable bonds is 5. The normalized spacial score (nSPS) is 19.9. The number of hydrogen-bond acceptors (Lipinski definition) is 6. The molecule has 0 saturated carbocycles. The molecule has 6 nitrogen and oxygen atoms in total. The van der Waals surface area contributed by atoms with Crippen molar-refractivity contribution >= 4 is 5.69 Å². The Morgan fingerprint density at radius 3 is 2.54 bits per heavy atom. The molecule has 146 valence electrons. The van der Waals surface area contributed by atoms with E-state index < -0.39 is 6.10 Å². The Morgan fingerprint density at radius 1 is 1.14 bits per heavy atom. The van der Waals surface area contributed by atoms with Gasteiger partial charge in [-0.15, -0.1) is 0 Å². The largest absolute Gasteiger partial charge is 0.392 e. The Labute approximate surface area is 163 Å². The molecule has 0 bridgehead atoms. The maximum atomic E-state index is 13.1. The first-order chi connectivity index (χ1) is 13.5. The number of aliphatic hydroxyl groups excluding tert-OH is 1. The van der Waals surface area contributed by atoms with Crippen LogP contribution in [-0.4, -0.2) is 46.9 Å². The van der Waals surface area contributed by atoms with Gasteiger partial charge in [0, 0.05) is 38.4 Å². The molecule has 28 heavy (non-hydrogen) atoms.